The SMILES string of the molecule is CCC1=N/C(=C/c2ccc(C(C)(C)C)cc2)C(=O)N1. The quantitative estimate of drug-likeness (QED) is 0.811. The molecule has 0 aromatic heterocycles. The van der Waals surface area contributed by atoms with Gasteiger partial charge in [-0.05, 0) is 22.6 Å². The van der Waals surface area contributed by atoms with Gasteiger partial charge in [0, 0.05) is 6.42 Å². The van der Waals surface area contributed by atoms with Crippen LogP contribution < -0.4 is 5.32 Å². The van der Waals surface area contributed by atoms with Crippen molar-refractivity contribution in [1.82, 2.24) is 5.32 Å². The number of carbonyl (C=O) groups excluding carboxylic acids is 1. The number of rotatable bonds is 2. The minimum absolute atomic E-state index is 0.114. The van der Waals surface area contributed by atoms with Crippen molar-refractivity contribution in [1.29, 1.82) is 0 Å². The van der Waals surface area contributed by atoms with Crippen LogP contribution in [0.3, 0.4) is 0 Å². The van der Waals surface area contributed by atoms with Gasteiger partial charge in [-0.15, -0.1) is 0 Å². The molecule has 3 nitrogen and oxygen atoms in total. The summed E-state index contributed by atoms with van der Waals surface area (Å²) in [5.41, 5.74) is 2.91. The van der Waals surface area contributed by atoms with Crippen LogP contribution in [0.1, 0.15) is 45.2 Å². The summed E-state index contributed by atoms with van der Waals surface area (Å²) in [5, 5.41) is 2.75. The van der Waals surface area contributed by atoms with Crippen LogP contribution >= 0.6 is 0 Å². The van der Waals surface area contributed by atoms with E-state index >= 15 is 0 Å². The number of carbonyl (C=O) groups is 1. The van der Waals surface area contributed by atoms with Gasteiger partial charge in [0.05, 0.1) is 0 Å². The lowest BCUT2D eigenvalue weighted by atomic mass is 9.87. The fraction of sp³-hybridized carbons (Fsp3) is 0.375. The molecule has 2 rings (SSSR count). The Morgan fingerprint density at radius 1 is 1.21 bits per heavy atom. The van der Waals surface area contributed by atoms with Crippen molar-refractivity contribution in [2.45, 2.75) is 39.5 Å². The van der Waals surface area contributed by atoms with E-state index in [4.69, 9.17) is 0 Å². The summed E-state index contributed by atoms with van der Waals surface area (Å²) in [6.45, 7) is 8.52. The summed E-state index contributed by atoms with van der Waals surface area (Å²) in [4.78, 5) is 16.0. The van der Waals surface area contributed by atoms with Crippen LogP contribution in [0.2, 0.25) is 0 Å². The molecular formula is C16H20N2O. The van der Waals surface area contributed by atoms with Gasteiger partial charge in [-0.3, -0.25) is 4.79 Å². The van der Waals surface area contributed by atoms with Crippen molar-refractivity contribution in [3.05, 3.63) is 41.1 Å². The van der Waals surface area contributed by atoms with E-state index in [2.05, 4.69) is 43.2 Å². The number of nitrogens with zero attached hydrogens (tertiary/aromatic N) is 1. The number of benzene rings is 1. The first-order chi connectivity index (χ1) is 8.90. The van der Waals surface area contributed by atoms with Crippen molar-refractivity contribution in [3.8, 4) is 0 Å². The van der Waals surface area contributed by atoms with Crippen molar-refractivity contribution in [3.63, 3.8) is 0 Å². The summed E-state index contributed by atoms with van der Waals surface area (Å²) >= 11 is 0. The molecule has 1 heterocycles. The molecule has 0 spiro atoms. The Labute approximate surface area is 114 Å². The first-order valence-corrected chi connectivity index (χ1v) is 6.61. The number of hydrogen-bond acceptors (Lipinski definition) is 2. The third-order valence-corrected chi connectivity index (χ3v) is 3.16. The molecule has 1 N–H and O–H groups in total. The topological polar surface area (TPSA) is 41.5 Å². The van der Waals surface area contributed by atoms with Crippen LogP contribution in [0.15, 0.2) is 35.0 Å². The fourth-order valence-corrected chi connectivity index (χ4v) is 1.92. The number of hydrogen-bond donors (Lipinski definition) is 1. The molecule has 0 fully saturated rings. The number of nitrogens with one attached hydrogen (secondary N) is 1. The largest absolute Gasteiger partial charge is 0.309 e. The normalized spacial score (nSPS) is 17.6. The van der Waals surface area contributed by atoms with E-state index in [-0.39, 0.29) is 11.3 Å². The zero-order valence-corrected chi connectivity index (χ0v) is 11.9. The Morgan fingerprint density at radius 3 is 2.32 bits per heavy atom. The second-order valence-electron chi connectivity index (χ2n) is 5.77. The third-order valence-electron chi connectivity index (χ3n) is 3.16. The molecule has 0 saturated carbocycles. The van der Waals surface area contributed by atoms with Crippen LogP contribution in [0.25, 0.3) is 6.08 Å². The van der Waals surface area contributed by atoms with Gasteiger partial charge in [-0.1, -0.05) is 52.0 Å². The second kappa shape index (κ2) is 5.00. The smallest absolute Gasteiger partial charge is 0.275 e. The summed E-state index contributed by atoms with van der Waals surface area (Å²) < 4.78 is 0. The van der Waals surface area contributed by atoms with E-state index < -0.39 is 0 Å². The minimum atomic E-state index is -0.114. The Morgan fingerprint density at radius 2 is 1.84 bits per heavy atom. The molecule has 0 saturated heterocycles. The fourth-order valence-electron chi connectivity index (χ4n) is 1.92. The van der Waals surface area contributed by atoms with E-state index in [1.165, 1.54) is 5.56 Å². The van der Waals surface area contributed by atoms with Gasteiger partial charge >= 0.3 is 0 Å². The molecule has 19 heavy (non-hydrogen) atoms. The predicted octanol–water partition coefficient (Wildman–Crippen LogP) is 3.26. The molecule has 1 aromatic rings. The van der Waals surface area contributed by atoms with Gasteiger partial charge in [0.1, 0.15) is 11.5 Å². The molecule has 0 bridgehead atoms. The van der Waals surface area contributed by atoms with Crippen LogP contribution in [0, 0.1) is 0 Å². The molecule has 1 aliphatic heterocycles. The van der Waals surface area contributed by atoms with E-state index in [1.54, 1.807) is 0 Å². The Hall–Kier alpha value is -1.90. The number of amidine groups is 1. The molecule has 0 atom stereocenters. The maximum atomic E-state index is 11.7. The predicted molar refractivity (Wildman–Crippen MR) is 79.0 cm³/mol. The Balaban J connectivity index is 2.25. The van der Waals surface area contributed by atoms with Crippen molar-refractivity contribution >= 4 is 17.8 Å². The molecule has 100 valence electrons. The van der Waals surface area contributed by atoms with Crippen LogP contribution in [-0.4, -0.2) is 11.7 Å². The molecule has 0 aliphatic carbocycles. The monoisotopic (exact) mass is 256 g/mol. The van der Waals surface area contributed by atoms with E-state index in [1.807, 2.05) is 25.1 Å². The van der Waals surface area contributed by atoms with Crippen molar-refractivity contribution < 1.29 is 4.79 Å². The average molecular weight is 256 g/mol. The molecule has 1 aliphatic rings. The van der Waals surface area contributed by atoms with Gasteiger partial charge in [-0.2, -0.15) is 0 Å². The van der Waals surface area contributed by atoms with E-state index in [9.17, 15) is 4.79 Å². The second-order valence-corrected chi connectivity index (χ2v) is 5.77. The van der Waals surface area contributed by atoms with Crippen LogP contribution in [-0.2, 0) is 10.2 Å². The lowest BCUT2D eigenvalue weighted by Crippen LogP contribution is -2.22. The molecule has 0 unspecified atom stereocenters. The zero-order valence-electron chi connectivity index (χ0n) is 11.9. The average Bonchev–Trinajstić information content (AvgIpc) is 2.70. The van der Waals surface area contributed by atoms with E-state index in [0.29, 0.717) is 5.70 Å². The third kappa shape index (κ3) is 3.11. The summed E-state index contributed by atoms with van der Waals surface area (Å²) in [6.07, 6.45) is 2.57. The highest BCUT2D eigenvalue weighted by Crippen LogP contribution is 2.23. The highest BCUT2D eigenvalue weighted by Gasteiger charge is 2.18. The lowest BCUT2D eigenvalue weighted by molar-refractivity contribution is -0.115. The lowest BCUT2D eigenvalue weighted by Gasteiger charge is -2.18. The molecular weight excluding hydrogens is 236 g/mol. The van der Waals surface area contributed by atoms with Crippen LogP contribution in [0.5, 0.6) is 0 Å². The molecule has 1 aromatic carbocycles. The van der Waals surface area contributed by atoms with Gasteiger partial charge in [0.15, 0.2) is 0 Å². The molecule has 3 heteroatoms. The standard InChI is InChI=1S/C16H20N2O/c1-5-14-17-13(15(19)18-14)10-11-6-8-12(9-7-11)16(2,3)4/h6-10H,5H2,1-4H3,(H,17,18,19)/b13-10+. The number of aliphatic imine (C=N–C) groups is 1. The maximum absolute atomic E-state index is 11.7. The first kappa shape index (κ1) is 13.5. The Bertz CT molecular complexity index is 545. The van der Waals surface area contributed by atoms with Gasteiger partial charge in [0.2, 0.25) is 0 Å². The molecule has 0 radical (unpaired) electrons. The van der Waals surface area contributed by atoms with Gasteiger partial charge in [0.25, 0.3) is 5.91 Å². The van der Waals surface area contributed by atoms with Crippen molar-refractivity contribution in [2.24, 2.45) is 4.99 Å². The minimum Gasteiger partial charge on any atom is -0.309 e. The highest BCUT2D eigenvalue weighted by molar-refractivity contribution is 6.14. The summed E-state index contributed by atoms with van der Waals surface area (Å²) in [5.74, 6) is 0.624. The van der Waals surface area contributed by atoms with Gasteiger partial charge < -0.3 is 5.32 Å². The first-order valence-electron chi connectivity index (χ1n) is 6.61. The highest BCUT2D eigenvalue weighted by atomic mass is 16.2. The van der Waals surface area contributed by atoms with Gasteiger partial charge in [-0.25, -0.2) is 4.99 Å². The van der Waals surface area contributed by atoms with Crippen LogP contribution in [0.4, 0.5) is 0 Å². The zero-order chi connectivity index (χ0) is 14.0. The summed E-state index contributed by atoms with van der Waals surface area (Å²) in [6, 6.07) is 8.26. The maximum Gasteiger partial charge on any atom is 0.275 e. The van der Waals surface area contributed by atoms with E-state index in [0.717, 1.165) is 17.8 Å². The number of amides is 1. The Kier molecular flexibility index (Phi) is 3.56. The molecule has 1 amide bonds. The van der Waals surface area contributed by atoms with Crippen molar-refractivity contribution in [2.75, 3.05) is 0 Å². The summed E-state index contributed by atoms with van der Waals surface area (Å²) in [7, 11) is 0.